The first-order chi connectivity index (χ1) is 9.00. The molecule has 0 amide bonds. The molecular formula is C14H21NO4. The Hall–Kier alpha value is -1.33. The first kappa shape index (κ1) is 14.1. The molecule has 5 heteroatoms. The van der Waals surface area contributed by atoms with Gasteiger partial charge in [-0.2, -0.15) is 0 Å². The van der Waals surface area contributed by atoms with E-state index < -0.39 is 11.6 Å². The molecule has 19 heavy (non-hydrogen) atoms. The SMILES string of the molecule is C[C@H](NCC1(O)CCC(C(=O)O)CC1)c1ccco1. The van der Waals surface area contributed by atoms with E-state index in [1.165, 1.54) is 0 Å². The van der Waals surface area contributed by atoms with Gasteiger partial charge in [0, 0.05) is 6.54 Å². The molecule has 1 saturated carbocycles. The lowest BCUT2D eigenvalue weighted by molar-refractivity contribution is -0.144. The molecule has 1 atom stereocenters. The molecule has 3 N–H and O–H groups in total. The molecule has 0 bridgehead atoms. The summed E-state index contributed by atoms with van der Waals surface area (Å²) in [6, 6.07) is 3.76. The minimum absolute atomic E-state index is 0.0382. The van der Waals surface area contributed by atoms with E-state index in [0.717, 1.165) is 5.76 Å². The number of aliphatic carboxylic acids is 1. The Morgan fingerprint density at radius 1 is 1.58 bits per heavy atom. The van der Waals surface area contributed by atoms with E-state index in [-0.39, 0.29) is 12.0 Å². The van der Waals surface area contributed by atoms with Crippen molar-refractivity contribution >= 4 is 5.97 Å². The van der Waals surface area contributed by atoms with Crippen LogP contribution in [0.2, 0.25) is 0 Å². The summed E-state index contributed by atoms with van der Waals surface area (Å²) in [6.45, 7) is 2.44. The van der Waals surface area contributed by atoms with Gasteiger partial charge in [0.2, 0.25) is 0 Å². The van der Waals surface area contributed by atoms with Crippen LogP contribution in [0.1, 0.15) is 44.4 Å². The van der Waals surface area contributed by atoms with Gasteiger partial charge < -0.3 is 19.9 Å². The number of aliphatic hydroxyl groups is 1. The third kappa shape index (κ3) is 3.58. The van der Waals surface area contributed by atoms with Crippen LogP contribution in [0.15, 0.2) is 22.8 Å². The minimum Gasteiger partial charge on any atom is -0.481 e. The second kappa shape index (κ2) is 5.75. The molecule has 1 aromatic rings. The third-order valence-corrected chi connectivity index (χ3v) is 3.97. The number of carboxylic acid groups (broad SMARTS) is 1. The van der Waals surface area contributed by atoms with Crippen LogP contribution in [-0.2, 0) is 4.79 Å². The van der Waals surface area contributed by atoms with Gasteiger partial charge in [-0.3, -0.25) is 4.79 Å². The van der Waals surface area contributed by atoms with Crippen LogP contribution in [0.4, 0.5) is 0 Å². The van der Waals surface area contributed by atoms with Gasteiger partial charge >= 0.3 is 5.97 Å². The van der Waals surface area contributed by atoms with Crippen LogP contribution >= 0.6 is 0 Å². The summed E-state index contributed by atoms with van der Waals surface area (Å²) in [4.78, 5) is 10.9. The summed E-state index contributed by atoms with van der Waals surface area (Å²) in [5, 5.41) is 22.6. The van der Waals surface area contributed by atoms with E-state index in [4.69, 9.17) is 9.52 Å². The van der Waals surface area contributed by atoms with Gasteiger partial charge in [-0.25, -0.2) is 0 Å². The lowest BCUT2D eigenvalue weighted by atomic mass is 9.78. The van der Waals surface area contributed by atoms with Gasteiger partial charge in [0.05, 0.1) is 23.8 Å². The molecular weight excluding hydrogens is 246 g/mol. The maximum absolute atomic E-state index is 10.9. The molecule has 0 spiro atoms. The molecule has 1 fully saturated rings. The van der Waals surface area contributed by atoms with E-state index in [9.17, 15) is 9.90 Å². The third-order valence-electron chi connectivity index (χ3n) is 3.97. The van der Waals surface area contributed by atoms with Crippen LogP contribution in [0, 0.1) is 5.92 Å². The van der Waals surface area contributed by atoms with Crippen molar-refractivity contribution in [2.24, 2.45) is 5.92 Å². The molecule has 1 heterocycles. The fraction of sp³-hybridized carbons (Fsp3) is 0.643. The van der Waals surface area contributed by atoms with Crippen molar-refractivity contribution in [2.45, 2.75) is 44.2 Å². The topological polar surface area (TPSA) is 82.7 Å². The monoisotopic (exact) mass is 267 g/mol. The summed E-state index contributed by atoms with van der Waals surface area (Å²) in [6.07, 6.45) is 3.77. The van der Waals surface area contributed by atoms with E-state index in [1.54, 1.807) is 6.26 Å². The highest BCUT2D eigenvalue weighted by Crippen LogP contribution is 2.32. The lowest BCUT2D eigenvalue weighted by Gasteiger charge is -2.35. The summed E-state index contributed by atoms with van der Waals surface area (Å²) < 4.78 is 5.29. The maximum Gasteiger partial charge on any atom is 0.306 e. The molecule has 1 aliphatic rings. The Balaban J connectivity index is 1.81. The molecule has 0 saturated heterocycles. The highest BCUT2D eigenvalue weighted by Gasteiger charge is 2.35. The Morgan fingerprint density at radius 3 is 2.79 bits per heavy atom. The normalized spacial score (nSPS) is 29.1. The highest BCUT2D eigenvalue weighted by molar-refractivity contribution is 5.70. The summed E-state index contributed by atoms with van der Waals surface area (Å²) in [7, 11) is 0. The molecule has 2 rings (SSSR count). The van der Waals surface area contributed by atoms with E-state index in [2.05, 4.69) is 5.32 Å². The van der Waals surface area contributed by atoms with Crippen molar-refractivity contribution in [3.8, 4) is 0 Å². The zero-order valence-electron chi connectivity index (χ0n) is 11.1. The zero-order chi connectivity index (χ0) is 13.9. The van der Waals surface area contributed by atoms with Gasteiger partial charge in [0.25, 0.3) is 0 Å². The zero-order valence-corrected chi connectivity index (χ0v) is 11.1. The average molecular weight is 267 g/mol. The molecule has 0 unspecified atom stereocenters. The Labute approximate surface area is 112 Å². The number of carboxylic acids is 1. The summed E-state index contributed by atoms with van der Waals surface area (Å²) in [5.74, 6) is -0.218. The molecule has 1 aromatic heterocycles. The standard InChI is InChI=1S/C14H21NO4/c1-10(12-3-2-8-19-12)15-9-14(18)6-4-11(5-7-14)13(16)17/h2-3,8,10-11,15,18H,4-7,9H2,1H3,(H,16,17)/t10-,11?,14?/m0/s1. The largest absolute Gasteiger partial charge is 0.481 e. The number of furan rings is 1. The van der Waals surface area contributed by atoms with Gasteiger partial charge in [0.1, 0.15) is 5.76 Å². The predicted octanol–water partition coefficient (Wildman–Crippen LogP) is 1.94. The molecule has 5 nitrogen and oxygen atoms in total. The number of hydrogen-bond donors (Lipinski definition) is 3. The van der Waals surface area contributed by atoms with E-state index in [0.29, 0.717) is 32.2 Å². The van der Waals surface area contributed by atoms with Crippen molar-refractivity contribution in [2.75, 3.05) is 6.54 Å². The predicted molar refractivity (Wildman–Crippen MR) is 69.7 cm³/mol. The van der Waals surface area contributed by atoms with Crippen LogP contribution in [0.3, 0.4) is 0 Å². The van der Waals surface area contributed by atoms with E-state index >= 15 is 0 Å². The molecule has 0 radical (unpaired) electrons. The van der Waals surface area contributed by atoms with Crippen molar-refractivity contribution in [1.29, 1.82) is 0 Å². The van der Waals surface area contributed by atoms with Crippen LogP contribution < -0.4 is 5.32 Å². The number of rotatable bonds is 5. The highest BCUT2D eigenvalue weighted by atomic mass is 16.4. The molecule has 0 aromatic carbocycles. The fourth-order valence-electron chi connectivity index (χ4n) is 2.56. The summed E-state index contributed by atoms with van der Waals surface area (Å²) in [5.41, 5.74) is -0.799. The molecule has 0 aliphatic heterocycles. The van der Waals surface area contributed by atoms with Gasteiger partial charge in [0.15, 0.2) is 0 Å². The van der Waals surface area contributed by atoms with Gasteiger partial charge in [-0.1, -0.05) is 0 Å². The minimum atomic E-state index is -0.799. The summed E-state index contributed by atoms with van der Waals surface area (Å²) >= 11 is 0. The molecule has 1 aliphatic carbocycles. The average Bonchev–Trinajstić information content (AvgIpc) is 2.90. The number of hydrogen-bond acceptors (Lipinski definition) is 4. The molecule has 106 valence electrons. The van der Waals surface area contributed by atoms with Crippen LogP contribution in [0.25, 0.3) is 0 Å². The van der Waals surface area contributed by atoms with E-state index in [1.807, 2.05) is 19.1 Å². The smallest absolute Gasteiger partial charge is 0.306 e. The number of carbonyl (C=O) groups is 1. The van der Waals surface area contributed by atoms with Crippen molar-refractivity contribution < 1.29 is 19.4 Å². The lowest BCUT2D eigenvalue weighted by Crippen LogP contribution is -2.45. The van der Waals surface area contributed by atoms with Crippen molar-refractivity contribution in [1.82, 2.24) is 5.32 Å². The van der Waals surface area contributed by atoms with Gasteiger partial charge in [-0.05, 0) is 44.7 Å². The Morgan fingerprint density at radius 2 is 2.26 bits per heavy atom. The fourth-order valence-corrected chi connectivity index (χ4v) is 2.56. The van der Waals surface area contributed by atoms with Crippen LogP contribution in [-0.4, -0.2) is 28.3 Å². The van der Waals surface area contributed by atoms with Crippen molar-refractivity contribution in [3.63, 3.8) is 0 Å². The first-order valence-electron chi connectivity index (χ1n) is 6.72. The Bertz CT molecular complexity index is 407. The van der Waals surface area contributed by atoms with Gasteiger partial charge in [-0.15, -0.1) is 0 Å². The second-order valence-corrected chi connectivity index (χ2v) is 5.45. The quantitative estimate of drug-likeness (QED) is 0.759. The maximum atomic E-state index is 10.9. The van der Waals surface area contributed by atoms with Crippen molar-refractivity contribution in [3.05, 3.63) is 24.2 Å². The second-order valence-electron chi connectivity index (χ2n) is 5.45. The first-order valence-corrected chi connectivity index (χ1v) is 6.72. The Kier molecular flexibility index (Phi) is 4.27. The van der Waals surface area contributed by atoms with Crippen LogP contribution in [0.5, 0.6) is 0 Å². The number of nitrogens with one attached hydrogen (secondary N) is 1.